The Labute approximate surface area is 154 Å². The lowest BCUT2D eigenvalue weighted by Gasteiger charge is -2.27. The fourth-order valence-corrected chi connectivity index (χ4v) is 1.98. The highest BCUT2D eigenvalue weighted by Crippen LogP contribution is 2.08. The van der Waals surface area contributed by atoms with Crippen molar-refractivity contribution in [3.63, 3.8) is 0 Å². The van der Waals surface area contributed by atoms with Gasteiger partial charge in [0.2, 0.25) is 0 Å². The standard InChI is InChI=1S/C16H24N4O7/c1-9-6-19(15(26)17-13(9)24)7-11(21)20(8-12(22)23)18-10(2)14(25)27-16(3,4)5/h6,10,18H,7-8H2,1-5H3,(H,22,23)(H,17,24,26). The zero-order chi connectivity index (χ0) is 20.9. The lowest BCUT2D eigenvalue weighted by Crippen LogP contribution is -2.54. The highest BCUT2D eigenvalue weighted by atomic mass is 16.6. The molecule has 0 bridgehead atoms. The largest absolute Gasteiger partial charge is 0.480 e. The second-order valence-electron chi connectivity index (χ2n) is 6.96. The maximum Gasteiger partial charge on any atom is 0.328 e. The number of carbonyl (C=O) groups excluding carboxylic acids is 2. The number of aliphatic carboxylic acids is 1. The van der Waals surface area contributed by atoms with Crippen molar-refractivity contribution in [2.45, 2.75) is 52.8 Å². The average Bonchev–Trinajstić information content (AvgIpc) is 2.49. The number of H-pyrrole nitrogens is 1. The number of carbonyl (C=O) groups is 3. The maximum atomic E-state index is 12.4. The van der Waals surface area contributed by atoms with E-state index in [2.05, 4.69) is 5.43 Å². The first-order valence-corrected chi connectivity index (χ1v) is 8.11. The van der Waals surface area contributed by atoms with E-state index < -0.39 is 53.8 Å². The zero-order valence-electron chi connectivity index (χ0n) is 15.9. The van der Waals surface area contributed by atoms with Crippen LogP contribution in [-0.4, -0.2) is 55.7 Å². The highest BCUT2D eigenvalue weighted by molar-refractivity contribution is 5.82. The van der Waals surface area contributed by atoms with Crippen LogP contribution in [0.1, 0.15) is 33.3 Å². The molecule has 0 aliphatic rings. The van der Waals surface area contributed by atoms with Gasteiger partial charge in [0, 0.05) is 11.8 Å². The van der Waals surface area contributed by atoms with Crippen LogP contribution in [0, 0.1) is 6.92 Å². The SMILES string of the molecule is Cc1cn(CC(=O)N(CC(=O)O)NC(C)C(=O)OC(C)(C)C)c(=O)[nH]c1=O. The molecule has 1 aromatic heterocycles. The monoisotopic (exact) mass is 384 g/mol. The van der Waals surface area contributed by atoms with Gasteiger partial charge in [-0.15, -0.1) is 0 Å². The second kappa shape index (κ2) is 8.62. The molecule has 1 rings (SSSR count). The molecule has 1 amide bonds. The van der Waals surface area contributed by atoms with E-state index in [1.165, 1.54) is 20.0 Å². The van der Waals surface area contributed by atoms with Crippen molar-refractivity contribution in [1.82, 2.24) is 20.0 Å². The normalized spacial score (nSPS) is 12.3. The molecule has 1 aromatic rings. The molecule has 0 spiro atoms. The van der Waals surface area contributed by atoms with Gasteiger partial charge in [-0.2, -0.15) is 0 Å². The molecule has 11 nitrogen and oxygen atoms in total. The van der Waals surface area contributed by atoms with Gasteiger partial charge in [-0.1, -0.05) is 0 Å². The molecular weight excluding hydrogens is 360 g/mol. The number of esters is 1. The number of carboxylic acid groups (broad SMARTS) is 1. The highest BCUT2D eigenvalue weighted by Gasteiger charge is 2.26. The minimum Gasteiger partial charge on any atom is -0.480 e. The van der Waals surface area contributed by atoms with Crippen molar-refractivity contribution >= 4 is 17.8 Å². The van der Waals surface area contributed by atoms with Crippen LogP contribution in [-0.2, 0) is 25.7 Å². The summed E-state index contributed by atoms with van der Waals surface area (Å²) in [5, 5.41) is 9.72. The molecule has 1 heterocycles. The van der Waals surface area contributed by atoms with Crippen LogP contribution in [0.5, 0.6) is 0 Å². The molecule has 27 heavy (non-hydrogen) atoms. The molecule has 150 valence electrons. The number of ether oxygens (including phenoxy) is 1. The molecule has 0 aliphatic heterocycles. The van der Waals surface area contributed by atoms with Crippen molar-refractivity contribution in [3.05, 3.63) is 32.6 Å². The van der Waals surface area contributed by atoms with Gasteiger partial charge in [-0.05, 0) is 34.6 Å². The third kappa shape index (κ3) is 7.05. The Hall–Kier alpha value is -2.95. The van der Waals surface area contributed by atoms with Gasteiger partial charge in [-0.3, -0.25) is 33.7 Å². The number of aromatic amines is 1. The summed E-state index contributed by atoms with van der Waals surface area (Å²) < 4.78 is 6.11. The minimum atomic E-state index is -1.32. The first-order chi connectivity index (χ1) is 12.3. The molecule has 0 aromatic carbocycles. The van der Waals surface area contributed by atoms with E-state index in [1.807, 2.05) is 4.98 Å². The molecule has 0 saturated carbocycles. The molecule has 0 saturated heterocycles. The molecule has 1 atom stereocenters. The van der Waals surface area contributed by atoms with Crippen molar-refractivity contribution in [2.24, 2.45) is 0 Å². The number of aryl methyl sites for hydroxylation is 1. The van der Waals surface area contributed by atoms with Gasteiger partial charge in [0.15, 0.2) is 0 Å². The number of hydrazine groups is 1. The third-order valence-corrected chi connectivity index (χ3v) is 3.20. The summed E-state index contributed by atoms with van der Waals surface area (Å²) >= 11 is 0. The topological polar surface area (TPSA) is 151 Å². The summed E-state index contributed by atoms with van der Waals surface area (Å²) in [4.78, 5) is 60.7. The number of amides is 1. The Balaban J connectivity index is 2.96. The lowest BCUT2D eigenvalue weighted by atomic mass is 10.2. The molecule has 11 heteroatoms. The predicted molar refractivity (Wildman–Crippen MR) is 93.9 cm³/mol. The Morgan fingerprint density at radius 1 is 1.33 bits per heavy atom. The van der Waals surface area contributed by atoms with Gasteiger partial charge in [0.1, 0.15) is 24.7 Å². The van der Waals surface area contributed by atoms with Crippen LogP contribution in [0.2, 0.25) is 0 Å². The van der Waals surface area contributed by atoms with Crippen LogP contribution >= 0.6 is 0 Å². The summed E-state index contributed by atoms with van der Waals surface area (Å²) in [6.45, 7) is 6.60. The fourth-order valence-electron chi connectivity index (χ4n) is 1.98. The number of carboxylic acids is 1. The second-order valence-corrected chi connectivity index (χ2v) is 6.96. The third-order valence-electron chi connectivity index (χ3n) is 3.20. The first-order valence-electron chi connectivity index (χ1n) is 8.11. The average molecular weight is 384 g/mol. The van der Waals surface area contributed by atoms with Gasteiger partial charge in [-0.25, -0.2) is 10.2 Å². The molecular formula is C16H24N4O7. The van der Waals surface area contributed by atoms with Gasteiger partial charge in [0.05, 0.1) is 0 Å². The van der Waals surface area contributed by atoms with E-state index in [-0.39, 0.29) is 5.56 Å². The lowest BCUT2D eigenvalue weighted by molar-refractivity contribution is -0.161. The Morgan fingerprint density at radius 2 is 1.93 bits per heavy atom. The van der Waals surface area contributed by atoms with Gasteiger partial charge >= 0.3 is 17.6 Å². The number of aromatic nitrogens is 2. The Kier molecular flexibility index (Phi) is 7.06. The molecule has 1 unspecified atom stereocenters. The molecule has 0 fully saturated rings. The number of hydrogen-bond donors (Lipinski definition) is 3. The Morgan fingerprint density at radius 3 is 2.44 bits per heavy atom. The van der Waals surface area contributed by atoms with Gasteiger partial charge in [0.25, 0.3) is 11.5 Å². The van der Waals surface area contributed by atoms with Crippen molar-refractivity contribution in [2.75, 3.05) is 6.54 Å². The number of nitrogens with zero attached hydrogens (tertiary/aromatic N) is 2. The first kappa shape index (κ1) is 22.1. The zero-order valence-corrected chi connectivity index (χ0v) is 15.9. The minimum absolute atomic E-state index is 0.210. The quantitative estimate of drug-likeness (QED) is 0.400. The van der Waals surface area contributed by atoms with E-state index >= 15 is 0 Å². The molecule has 0 radical (unpaired) electrons. The predicted octanol–water partition coefficient (Wildman–Crippen LogP) is -1.01. The number of nitrogens with one attached hydrogen (secondary N) is 2. The van der Waals surface area contributed by atoms with Crippen LogP contribution in [0.25, 0.3) is 0 Å². The maximum absolute atomic E-state index is 12.4. The number of hydrogen-bond acceptors (Lipinski definition) is 7. The van der Waals surface area contributed by atoms with E-state index in [0.29, 0.717) is 5.01 Å². The van der Waals surface area contributed by atoms with Crippen LogP contribution in [0.4, 0.5) is 0 Å². The van der Waals surface area contributed by atoms with E-state index in [1.54, 1.807) is 20.8 Å². The van der Waals surface area contributed by atoms with Crippen molar-refractivity contribution in [1.29, 1.82) is 0 Å². The van der Waals surface area contributed by atoms with E-state index in [9.17, 15) is 24.0 Å². The summed E-state index contributed by atoms with van der Waals surface area (Å²) in [5.41, 5.74) is 0.542. The van der Waals surface area contributed by atoms with Crippen LogP contribution in [0.3, 0.4) is 0 Å². The van der Waals surface area contributed by atoms with Gasteiger partial charge < -0.3 is 9.84 Å². The molecule has 0 aliphatic carbocycles. The smallest absolute Gasteiger partial charge is 0.328 e. The van der Waals surface area contributed by atoms with E-state index in [4.69, 9.17) is 9.84 Å². The van der Waals surface area contributed by atoms with Crippen LogP contribution < -0.4 is 16.7 Å². The van der Waals surface area contributed by atoms with E-state index in [0.717, 1.165) is 4.57 Å². The summed E-state index contributed by atoms with van der Waals surface area (Å²) in [6.07, 6.45) is 1.19. The number of rotatable bonds is 7. The summed E-state index contributed by atoms with van der Waals surface area (Å²) in [7, 11) is 0. The van der Waals surface area contributed by atoms with Crippen molar-refractivity contribution in [3.8, 4) is 0 Å². The fraction of sp³-hybridized carbons (Fsp3) is 0.562. The summed E-state index contributed by atoms with van der Waals surface area (Å²) in [5.74, 6) is -2.79. The van der Waals surface area contributed by atoms with Crippen molar-refractivity contribution < 1.29 is 24.2 Å². The summed E-state index contributed by atoms with van der Waals surface area (Å²) in [6, 6.07) is -1.01. The molecule has 3 N–H and O–H groups in total. The Bertz CT molecular complexity index is 834. The van der Waals surface area contributed by atoms with Crippen LogP contribution in [0.15, 0.2) is 15.8 Å².